The Morgan fingerprint density at radius 3 is 2.13 bits per heavy atom. The summed E-state index contributed by atoms with van der Waals surface area (Å²) in [5.41, 5.74) is 14.4. The molecular weight excluding hydrogens is 545 g/mol. The van der Waals surface area contributed by atoms with Crippen LogP contribution in [0.4, 0.5) is 11.4 Å². The number of imidazole rings is 1. The highest BCUT2D eigenvalue weighted by Crippen LogP contribution is 2.47. The molecular formula is C41H43BN3+. The van der Waals surface area contributed by atoms with E-state index < -0.39 is 0 Å². The molecule has 224 valence electrons. The summed E-state index contributed by atoms with van der Waals surface area (Å²) in [5, 5.41) is 0. The lowest BCUT2D eigenvalue weighted by molar-refractivity contribution is -0.523. The van der Waals surface area contributed by atoms with Crippen LogP contribution in [-0.2, 0) is 7.05 Å². The molecule has 0 saturated carbocycles. The van der Waals surface area contributed by atoms with Crippen molar-refractivity contribution in [1.29, 1.82) is 0 Å². The van der Waals surface area contributed by atoms with Gasteiger partial charge in [-0.2, -0.15) is 0 Å². The molecule has 3 nitrogen and oxygen atoms in total. The third-order valence-corrected chi connectivity index (χ3v) is 9.62. The predicted octanol–water partition coefficient (Wildman–Crippen LogP) is 9.33. The topological polar surface area (TPSA) is 12.0 Å². The van der Waals surface area contributed by atoms with Crippen molar-refractivity contribution in [3.05, 3.63) is 138 Å². The first-order valence-corrected chi connectivity index (χ1v) is 16.5. The van der Waals surface area contributed by atoms with E-state index in [-0.39, 0.29) is 6.98 Å². The first-order chi connectivity index (χ1) is 21.9. The van der Waals surface area contributed by atoms with Crippen molar-refractivity contribution < 1.29 is 4.48 Å². The zero-order chi connectivity index (χ0) is 31.2. The van der Waals surface area contributed by atoms with E-state index in [0.717, 1.165) is 12.8 Å². The Bertz CT molecular complexity index is 1920. The lowest BCUT2D eigenvalue weighted by Gasteiger charge is -2.39. The third-order valence-electron chi connectivity index (χ3n) is 9.62. The molecule has 45 heavy (non-hydrogen) atoms. The number of allylic oxidation sites excluding steroid dienone is 4. The molecule has 0 atom stereocenters. The van der Waals surface area contributed by atoms with Crippen LogP contribution in [0.1, 0.15) is 74.6 Å². The molecule has 0 bridgehead atoms. The van der Waals surface area contributed by atoms with E-state index in [4.69, 9.17) is 0 Å². The molecule has 0 spiro atoms. The molecule has 2 heterocycles. The second kappa shape index (κ2) is 11.7. The number of hydrogen-bond donors (Lipinski definition) is 0. The van der Waals surface area contributed by atoms with Gasteiger partial charge in [0.25, 0.3) is 5.82 Å². The molecule has 0 amide bonds. The number of anilines is 2. The van der Waals surface area contributed by atoms with Gasteiger partial charge in [-0.05, 0) is 65.5 Å². The van der Waals surface area contributed by atoms with Crippen molar-refractivity contribution >= 4 is 29.4 Å². The molecule has 0 saturated heterocycles. The van der Waals surface area contributed by atoms with Gasteiger partial charge >= 0.3 is 6.98 Å². The summed E-state index contributed by atoms with van der Waals surface area (Å²) in [5.74, 6) is 1.99. The van der Waals surface area contributed by atoms with Crippen molar-refractivity contribution in [2.24, 2.45) is 7.05 Å². The van der Waals surface area contributed by atoms with Crippen LogP contribution in [0.5, 0.6) is 0 Å². The van der Waals surface area contributed by atoms with Crippen LogP contribution in [0.3, 0.4) is 0 Å². The highest BCUT2D eigenvalue weighted by Gasteiger charge is 2.49. The number of aromatic nitrogens is 2. The molecule has 4 aromatic carbocycles. The van der Waals surface area contributed by atoms with Gasteiger partial charge in [0.2, 0.25) is 0 Å². The maximum absolute atomic E-state index is 2.68. The van der Waals surface area contributed by atoms with Gasteiger partial charge in [0.15, 0.2) is 0 Å². The maximum atomic E-state index is 2.68. The fourth-order valence-corrected chi connectivity index (χ4v) is 7.52. The summed E-state index contributed by atoms with van der Waals surface area (Å²) in [6.07, 6.45) is 13.8. The molecule has 0 unspecified atom stereocenters. The van der Waals surface area contributed by atoms with Gasteiger partial charge in [0.05, 0.1) is 12.6 Å². The number of aryl methyl sites for hydroxylation is 2. The first-order valence-electron chi connectivity index (χ1n) is 16.5. The van der Waals surface area contributed by atoms with Gasteiger partial charge in [-0.15, -0.1) is 0 Å². The van der Waals surface area contributed by atoms with Crippen LogP contribution < -0.4 is 14.8 Å². The first kappa shape index (κ1) is 29.2. The van der Waals surface area contributed by atoms with Crippen molar-refractivity contribution in [3.63, 3.8) is 0 Å². The fourth-order valence-electron chi connectivity index (χ4n) is 7.52. The minimum absolute atomic E-state index is 0.0803. The quantitative estimate of drug-likeness (QED) is 0.180. The van der Waals surface area contributed by atoms with Crippen LogP contribution in [0, 0.1) is 6.92 Å². The summed E-state index contributed by atoms with van der Waals surface area (Å²) in [7, 11) is 2.19. The zero-order valence-corrected chi connectivity index (χ0v) is 27.5. The van der Waals surface area contributed by atoms with Gasteiger partial charge in [-0.25, -0.2) is 4.57 Å². The van der Waals surface area contributed by atoms with Gasteiger partial charge in [0, 0.05) is 28.0 Å². The number of para-hydroxylation sites is 1. The Kier molecular flexibility index (Phi) is 7.61. The van der Waals surface area contributed by atoms with Gasteiger partial charge < -0.3 is 4.81 Å². The second-order valence-corrected chi connectivity index (χ2v) is 13.2. The molecule has 7 rings (SSSR count). The molecule has 2 aliphatic rings. The SMILES string of the molecule is Cc1cccc2c1-c1n(C)cc[n+]1B(c1c(C(C)C)cccc1C(C)C)N2c1c(C2=CCCC=C2)cccc1-c1ccccc1. The number of fused-ring (bicyclic) bond motifs is 3. The average Bonchev–Trinajstić information content (AvgIpc) is 3.45. The van der Waals surface area contributed by atoms with Crippen molar-refractivity contribution in [2.75, 3.05) is 4.81 Å². The second-order valence-electron chi connectivity index (χ2n) is 13.2. The lowest BCUT2D eigenvalue weighted by Crippen LogP contribution is -2.71. The molecule has 0 radical (unpaired) electrons. The fraction of sp³-hybridized carbons (Fsp3) is 0.244. The lowest BCUT2D eigenvalue weighted by atomic mass is 9.57. The molecule has 5 aromatic rings. The standard InChI is InChI=1S/C41H43BN3/c1-28(2)33-21-14-22-34(29(3)4)39(33)42-44-27-26-43(6)41(44)38-30(5)16-13-25-37(38)45(42)40-35(31-17-9-7-10-18-31)23-15-24-36(40)32-19-11-8-12-20-32/h7,9-11,13-29H,8,12H2,1-6H3/q+1. The zero-order valence-electron chi connectivity index (χ0n) is 27.5. The monoisotopic (exact) mass is 588 g/mol. The van der Waals surface area contributed by atoms with Gasteiger partial charge in [-0.1, -0.05) is 125 Å². The predicted molar refractivity (Wildman–Crippen MR) is 192 cm³/mol. The Morgan fingerprint density at radius 2 is 1.44 bits per heavy atom. The minimum atomic E-state index is -0.0803. The van der Waals surface area contributed by atoms with Crippen molar-refractivity contribution in [1.82, 2.24) is 4.57 Å². The van der Waals surface area contributed by atoms with Crippen molar-refractivity contribution in [2.45, 2.75) is 59.3 Å². The molecule has 4 heteroatoms. The molecule has 0 fully saturated rings. The summed E-state index contributed by atoms with van der Waals surface area (Å²) >= 11 is 0. The molecule has 1 aliphatic carbocycles. The summed E-state index contributed by atoms with van der Waals surface area (Å²) in [6.45, 7) is 11.5. The number of benzene rings is 4. The smallest absolute Gasteiger partial charge is 0.338 e. The molecule has 1 aliphatic heterocycles. The Labute approximate surface area is 269 Å². The normalized spacial score (nSPS) is 14.2. The Morgan fingerprint density at radius 1 is 0.756 bits per heavy atom. The largest absolute Gasteiger partial charge is 0.542 e. The van der Waals surface area contributed by atoms with Crippen LogP contribution >= 0.6 is 0 Å². The van der Waals surface area contributed by atoms with Gasteiger partial charge in [0.1, 0.15) is 12.4 Å². The van der Waals surface area contributed by atoms with Gasteiger partial charge in [-0.3, -0.25) is 4.48 Å². The number of hydrogen-bond acceptors (Lipinski definition) is 1. The van der Waals surface area contributed by atoms with Crippen LogP contribution in [0.2, 0.25) is 0 Å². The van der Waals surface area contributed by atoms with Crippen LogP contribution in [0.15, 0.2) is 116 Å². The van der Waals surface area contributed by atoms with Crippen LogP contribution in [-0.4, -0.2) is 11.5 Å². The molecule has 1 aromatic heterocycles. The maximum Gasteiger partial charge on any atom is 0.542 e. The Hall–Kier alpha value is -4.57. The number of nitrogens with zero attached hydrogens (tertiary/aromatic N) is 3. The van der Waals surface area contributed by atoms with Crippen LogP contribution in [0.25, 0.3) is 28.1 Å². The molecule has 0 N–H and O–H groups in total. The third kappa shape index (κ3) is 4.88. The highest BCUT2D eigenvalue weighted by molar-refractivity contribution is 6.72. The Balaban J connectivity index is 1.66. The van der Waals surface area contributed by atoms with E-state index in [1.807, 2.05) is 0 Å². The minimum Gasteiger partial charge on any atom is -0.338 e. The van der Waals surface area contributed by atoms with E-state index >= 15 is 0 Å². The van der Waals surface area contributed by atoms with E-state index in [1.165, 1.54) is 67.2 Å². The average molecular weight is 589 g/mol. The van der Waals surface area contributed by atoms with Crippen molar-refractivity contribution in [3.8, 4) is 22.5 Å². The van der Waals surface area contributed by atoms with E-state index in [2.05, 4.69) is 171 Å². The van der Waals surface area contributed by atoms with E-state index in [0.29, 0.717) is 11.8 Å². The summed E-state index contributed by atoms with van der Waals surface area (Å²) in [4.78, 5) is 2.68. The van der Waals surface area contributed by atoms with E-state index in [1.54, 1.807) is 0 Å². The summed E-state index contributed by atoms with van der Waals surface area (Å²) in [6, 6.07) is 31.6. The highest BCUT2D eigenvalue weighted by atomic mass is 15.2. The summed E-state index contributed by atoms with van der Waals surface area (Å²) < 4.78 is 4.85. The van der Waals surface area contributed by atoms with E-state index in [9.17, 15) is 0 Å². The number of rotatable bonds is 6.